The van der Waals surface area contributed by atoms with Crippen LogP contribution in [0.4, 0.5) is 0 Å². The van der Waals surface area contributed by atoms with Crippen LogP contribution in [0.3, 0.4) is 0 Å². The third-order valence-electron chi connectivity index (χ3n) is 2.59. The molecule has 1 aromatic heterocycles. The molecule has 0 radical (unpaired) electrons. The topological polar surface area (TPSA) is 0 Å². The third kappa shape index (κ3) is 4.56. The summed E-state index contributed by atoms with van der Waals surface area (Å²) in [5.74, 6) is 6.59. The lowest BCUT2D eigenvalue weighted by molar-refractivity contribution is 0.804. The molecule has 0 saturated heterocycles. The predicted octanol–water partition coefficient (Wildman–Crippen LogP) is 4.48. The average molecular weight is 264 g/mol. The number of hydrogen-bond acceptors (Lipinski definition) is 1. The van der Waals surface area contributed by atoms with Crippen molar-refractivity contribution in [2.75, 3.05) is 0 Å². The van der Waals surface area contributed by atoms with Gasteiger partial charge in [0, 0.05) is 15.1 Å². The molecular weight excluding hydrogens is 248 g/mol. The molecule has 0 nitrogen and oxygen atoms in total. The SMILES string of the molecule is C#CC#C.C#Cc1ccc2sc(CCCC)cc2c1. The van der Waals surface area contributed by atoms with E-state index in [-0.39, 0.29) is 0 Å². The van der Waals surface area contributed by atoms with Gasteiger partial charge in [-0.1, -0.05) is 19.3 Å². The number of fused-ring (bicyclic) bond motifs is 1. The minimum atomic E-state index is 0.974. The molecule has 0 unspecified atom stereocenters. The number of rotatable bonds is 3. The van der Waals surface area contributed by atoms with E-state index in [1.54, 1.807) is 0 Å². The van der Waals surface area contributed by atoms with Gasteiger partial charge in [0.2, 0.25) is 0 Å². The summed E-state index contributed by atoms with van der Waals surface area (Å²) in [6, 6.07) is 8.52. The van der Waals surface area contributed by atoms with E-state index < -0.39 is 0 Å². The zero-order valence-electron chi connectivity index (χ0n) is 11.1. The van der Waals surface area contributed by atoms with Crippen molar-refractivity contribution >= 4 is 21.4 Å². The summed E-state index contributed by atoms with van der Waals surface area (Å²) in [6.07, 6.45) is 18.2. The first-order valence-corrected chi connectivity index (χ1v) is 6.97. The summed E-state index contributed by atoms with van der Waals surface area (Å²) >= 11 is 1.89. The van der Waals surface area contributed by atoms with Gasteiger partial charge in [0.1, 0.15) is 0 Å². The Morgan fingerprint density at radius 3 is 2.42 bits per heavy atom. The van der Waals surface area contributed by atoms with Crippen LogP contribution in [0.15, 0.2) is 24.3 Å². The van der Waals surface area contributed by atoms with Gasteiger partial charge in [-0.2, -0.15) is 0 Å². The molecule has 0 amide bonds. The Bertz CT molecular complexity index is 642. The van der Waals surface area contributed by atoms with Crippen molar-refractivity contribution in [2.24, 2.45) is 0 Å². The van der Waals surface area contributed by atoms with Crippen molar-refractivity contribution in [3.8, 4) is 37.0 Å². The molecule has 0 spiro atoms. The molecule has 1 heteroatoms. The molecule has 0 saturated carbocycles. The van der Waals surface area contributed by atoms with Crippen LogP contribution in [-0.2, 0) is 6.42 Å². The Labute approximate surface area is 119 Å². The van der Waals surface area contributed by atoms with E-state index in [2.05, 4.69) is 43.9 Å². The molecule has 1 aromatic carbocycles. The van der Waals surface area contributed by atoms with Crippen LogP contribution in [0.2, 0.25) is 0 Å². The van der Waals surface area contributed by atoms with E-state index in [9.17, 15) is 0 Å². The lowest BCUT2D eigenvalue weighted by Gasteiger charge is -1.90. The van der Waals surface area contributed by atoms with Gasteiger partial charge in [-0.05, 0) is 54.3 Å². The first-order valence-electron chi connectivity index (χ1n) is 6.15. The fraction of sp³-hybridized carbons (Fsp3) is 0.222. The van der Waals surface area contributed by atoms with E-state index in [4.69, 9.17) is 6.42 Å². The molecule has 0 atom stereocenters. The fourth-order valence-electron chi connectivity index (χ4n) is 1.66. The Hall–Kier alpha value is -2.14. The van der Waals surface area contributed by atoms with Gasteiger partial charge in [0.05, 0.1) is 0 Å². The molecule has 0 aliphatic rings. The van der Waals surface area contributed by atoms with Crippen molar-refractivity contribution in [2.45, 2.75) is 26.2 Å². The van der Waals surface area contributed by atoms with Crippen LogP contribution < -0.4 is 0 Å². The number of benzene rings is 1. The van der Waals surface area contributed by atoms with Gasteiger partial charge in [-0.3, -0.25) is 0 Å². The summed E-state index contributed by atoms with van der Waals surface area (Å²) in [5.41, 5.74) is 0.974. The van der Waals surface area contributed by atoms with E-state index in [1.807, 2.05) is 29.2 Å². The van der Waals surface area contributed by atoms with Gasteiger partial charge in [0.15, 0.2) is 0 Å². The maximum atomic E-state index is 5.38. The maximum absolute atomic E-state index is 5.38. The highest BCUT2D eigenvalue weighted by atomic mass is 32.1. The molecule has 2 rings (SSSR count). The molecule has 0 aliphatic heterocycles. The normalized spacial score (nSPS) is 8.74. The first-order chi connectivity index (χ1) is 9.24. The second kappa shape index (κ2) is 8.05. The summed E-state index contributed by atoms with van der Waals surface area (Å²) in [7, 11) is 0. The van der Waals surface area contributed by atoms with Gasteiger partial charge in [0.25, 0.3) is 0 Å². The number of aryl methyl sites for hydroxylation is 1. The Morgan fingerprint density at radius 1 is 1.11 bits per heavy atom. The fourth-order valence-corrected chi connectivity index (χ4v) is 2.75. The summed E-state index contributed by atoms with van der Waals surface area (Å²) in [5, 5.41) is 1.29. The second-order valence-corrected chi connectivity index (χ2v) is 5.17. The summed E-state index contributed by atoms with van der Waals surface area (Å²) in [4.78, 5) is 1.47. The van der Waals surface area contributed by atoms with Crippen LogP contribution in [0.25, 0.3) is 10.1 Å². The molecule has 1 heterocycles. The van der Waals surface area contributed by atoms with Gasteiger partial charge >= 0.3 is 0 Å². The smallest absolute Gasteiger partial charge is 0.0346 e. The second-order valence-electron chi connectivity index (χ2n) is 4.00. The van der Waals surface area contributed by atoms with Crippen LogP contribution in [-0.4, -0.2) is 0 Å². The molecule has 0 fully saturated rings. The summed E-state index contributed by atoms with van der Waals surface area (Å²) in [6.45, 7) is 2.23. The number of hydrogen-bond donors (Lipinski definition) is 0. The van der Waals surface area contributed by atoms with E-state index in [0.29, 0.717) is 0 Å². The Kier molecular flexibility index (Phi) is 6.32. The van der Waals surface area contributed by atoms with Gasteiger partial charge < -0.3 is 0 Å². The molecule has 94 valence electrons. The van der Waals surface area contributed by atoms with Gasteiger partial charge in [-0.25, -0.2) is 0 Å². The zero-order chi connectivity index (χ0) is 14.1. The van der Waals surface area contributed by atoms with Crippen LogP contribution in [0.1, 0.15) is 30.2 Å². The van der Waals surface area contributed by atoms with E-state index >= 15 is 0 Å². The van der Waals surface area contributed by atoms with Crippen molar-refractivity contribution in [1.29, 1.82) is 0 Å². The number of unbranched alkanes of at least 4 members (excludes halogenated alkanes) is 1. The molecular formula is C18H16S. The molecule has 19 heavy (non-hydrogen) atoms. The lowest BCUT2D eigenvalue weighted by Crippen LogP contribution is -1.76. The molecule has 0 bridgehead atoms. The van der Waals surface area contributed by atoms with Crippen molar-refractivity contribution in [3.05, 3.63) is 34.7 Å². The van der Waals surface area contributed by atoms with E-state index in [1.165, 1.54) is 34.2 Å². The monoisotopic (exact) mass is 264 g/mol. The quantitative estimate of drug-likeness (QED) is 0.717. The predicted molar refractivity (Wildman–Crippen MR) is 86.0 cm³/mol. The van der Waals surface area contributed by atoms with Crippen molar-refractivity contribution < 1.29 is 0 Å². The van der Waals surface area contributed by atoms with Crippen molar-refractivity contribution in [3.63, 3.8) is 0 Å². The van der Waals surface area contributed by atoms with Crippen molar-refractivity contribution in [1.82, 2.24) is 0 Å². The van der Waals surface area contributed by atoms with Crippen LogP contribution in [0, 0.1) is 37.0 Å². The highest BCUT2D eigenvalue weighted by molar-refractivity contribution is 7.19. The Balaban J connectivity index is 0.000000399. The van der Waals surface area contributed by atoms with E-state index in [0.717, 1.165) is 5.56 Å². The highest BCUT2D eigenvalue weighted by Crippen LogP contribution is 2.27. The lowest BCUT2D eigenvalue weighted by atomic mass is 10.1. The average Bonchev–Trinajstić information content (AvgIpc) is 2.86. The largest absolute Gasteiger partial charge is 0.140 e. The maximum Gasteiger partial charge on any atom is 0.0346 e. The summed E-state index contributed by atoms with van der Waals surface area (Å²) < 4.78 is 1.35. The highest BCUT2D eigenvalue weighted by Gasteiger charge is 2.01. The van der Waals surface area contributed by atoms with Crippen LogP contribution >= 0.6 is 11.3 Å². The number of terminal acetylenes is 3. The Morgan fingerprint density at radius 2 is 1.84 bits per heavy atom. The molecule has 2 aromatic rings. The third-order valence-corrected chi connectivity index (χ3v) is 3.77. The van der Waals surface area contributed by atoms with Crippen LogP contribution in [0.5, 0.6) is 0 Å². The number of thiophene rings is 1. The van der Waals surface area contributed by atoms with Gasteiger partial charge in [-0.15, -0.1) is 30.6 Å². The molecule has 0 aliphatic carbocycles. The zero-order valence-corrected chi connectivity index (χ0v) is 11.9. The minimum Gasteiger partial charge on any atom is -0.140 e. The molecule has 0 N–H and O–H groups in total. The first kappa shape index (κ1) is 14.9. The standard InChI is InChI=1S/C14H14S.C4H2/c1-3-5-6-13-10-12-9-11(4-2)7-8-14(12)15-13;1-3-4-2/h2,7-10H,3,5-6H2,1H3;1-2H. The minimum absolute atomic E-state index is 0.974.